The van der Waals surface area contributed by atoms with Crippen molar-refractivity contribution in [2.45, 2.75) is 26.0 Å². The number of thiazole rings is 1. The van der Waals surface area contributed by atoms with Crippen LogP contribution >= 0.6 is 22.9 Å². The van der Waals surface area contributed by atoms with Crippen LogP contribution in [0.1, 0.15) is 25.3 Å². The fraction of sp³-hybridized carbons (Fsp3) is 0.667. The maximum Gasteiger partial charge on any atom is 0.157 e. The van der Waals surface area contributed by atoms with Gasteiger partial charge in [-0.2, -0.15) is 0 Å². The second kappa shape index (κ2) is 5.27. The van der Waals surface area contributed by atoms with E-state index in [1.165, 1.54) is 17.5 Å². The van der Waals surface area contributed by atoms with Gasteiger partial charge < -0.3 is 0 Å². The van der Waals surface area contributed by atoms with Crippen molar-refractivity contribution in [3.63, 3.8) is 0 Å². The first-order valence-corrected chi connectivity index (χ1v) is 7.75. The quantitative estimate of drug-likeness (QED) is 0.824. The summed E-state index contributed by atoms with van der Waals surface area (Å²) in [5.41, 5.74) is 0. The summed E-state index contributed by atoms with van der Waals surface area (Å²) in [6.45, 7) is 3.92. The van der Waals surface area contributed by atoms with Crippen LogP contribution in [0.15, 0.2) is 6.20 Å². The molecule has 6 heteroatoms. The third-order valence-electron chi connectivity index (χ3n) is 2.10. The molecule has 0 saturated carbocycles. The Labute approximate surface area is 99.4 Å². The van der Waals surface area contributed by atoms with Crippen LogP contribution in [0, 0.1) is 5.92 Å². The molecule has 0 N–H and O–H groups in total. The predicted octanol–water partition coefficient (Wildman–Crippen LogP) is 2.76. The van der Waals surface area contributed by atoms with Crippen molar-refractivity contribution in [3.05, 3.63) is 15.5 Å². The monoisotopic (exact) mass is 267 g/mol. The van der Waals surface area contributed by atoms with Crippen LogP contribution in [0.25, 0.3) is 0 Å². The summed E-state index contributed by atoms with van der Waals surface area (Å²) < 4.78 is 23.9. The molecule has 1 aromatic heterocycles. The summed E-state index contributed by atoms with van der Waals surface area (Å²) >= 11 is 6.91. The zero-order chi connectivity index (χ0) is 11.5. The summed E-state index contributed by atoms with van der Waals surface area (Å²) in [4.78, 5) is 3.94. The molecule has 1 rings (SSSR count). The highest BCUT2D eigenvalue weighted by Gasteiger charge is 2.17. The van der Waals surface area contributed by atoms with E-state index in [9.17, 15) is 8.42 Å². The number of sulfone groups is 1. The highest BCUT2D eigenvalue weighted by Crippen LogP contribution is 2.21. The molecule has 86 valence electrons. The molecule has 0 aliphatic heterocycles. The minimum Gasteiger partial charge on any atom is -0.247 e. The first-order valence-electron chi connectivity index (χ1n) is 4.73. The Morgan fingerprint density at radius 1 is 1.60 bits per heavy atom. The molecular weight excluding hydrogens is 254 g/mol. The molecule has 0 bridgehead atoms. The summed E-state index contributed by atoms with van der Waals surface area (Å²) in [6, 6.07) is 0. The van der Waals surface area contributed by atoms with Crippen LogP contribution in [0.3, 0.4) is 0 Å². The van der Waals surface area contributed by atoms with Crippen LogP contribution in [-0.2, 0) is 15.6 Å². The number of nitrogens with zero attached hydrogens (tertiary/aromatic N) is 1. The van der Waals surface area contributed by atoms with Crippen molar-refractivity contribution >= 4 is 32.8 Å². The maximum absolute atomic E-state index is 11.7. The minimum atomic E-state index is -3.04. The standard InChI is InChI=1S/C9H14ClNO2S2/c1-3-7(2)5-15(12,13)6-9-11-4-8(10)14-9/h4,7H,3,5-6H2,1-2H3. The summed E-state index contributed by atoms with van der Waals surface area (Å²) in [7, 11) is -3.04. The molecule has 0 spiro atoms. The highest BCUT2D eigenvalue weighted by atomic mass is 35.5. The normalized spacial score (nSPS) is 14.1. The number of halogens is 1. The van der Waals surface area contributed by atoms with Gasteiger partial charge in [-0.15, -0.1) is 11.3 Å². The van der Waals surface area contributed by atoms with Crippen LogP contribution in [0.5, 0.6) is 0 Å². The molecule has 0 aliphatic rings. The largest absolute Gasteiger partial charge is 0.247 e. The van der Waals surface area contributed by atoms with Crippen LogP contribution in [0.4, 0.5) is 0 Å². The molecule has 0 saturated heterocycles. The summed E-state index contributed by atoms with van der Waals surface area (Å²) in [5.74, 6) is 0.431. The molecule has 15 heavy (non-hydrogen) atoms. The van der Waals surface area contributed by atoms with Gasteiger partial charge in [0, 0.05) is 0 Å². The van der Waals surface area contributed by atoms with Crippen molar-refractivity contribution in [3.8, 4) is 0 Å². The number of rotatable bonds is 5. The number of aromatic nitrogens is 1. The second-order valence-corrected chi connectivity index (χ2v) is 7.48. The summed E-state index contributed by atoms with van der Waals surface area (Å²) in [5, 5.41) is 0.573. The third kappa shape index (κ3) is 4.49. The zero-order valence-corrected chi connectivity index (χ0v) is 11.1. The van der Waals surface area contributed by atoms with Gasteiger partial charge in [-0.1, -0.05) is 31.9 Å². The van der Waals surface area contributed by atoms with Gasteiger partial charge >= 0.3 is 0 Å². The first-order chi connectivity index (χ1) is 6.93. The lowest BCUT2D eigenvalue weighted by molar-refractivity contribution is 0.563. The zero-order valence-electron chi connectivity index (χ0n) is 8.73. The van der Waals surface area contributed by atoms with Gasteiger partial charge in [0.15, 0.2) is 9.84 Å². The minimum absolute atomic E-state index is 0.00866. The predicted molar refractivity (Wildman–Crippen MR) is 64.1 cm³/mol. The van der Waals surface area contributed by atoms with Gasteiger partial charge in [-0.3, -0.25) is 0 Å². The molecule has 0 amide bonds. The van der Waals surface area contributed by atoms with E-state index in [2.05, 4.69) is 4.98 Å². The summed E-state index contributed by atoms with van der Waals surface area (Å²) in [6.07, 6.45) is 2.36. The number of hydrogen-bond acceptors (Lipinski definition) is 4. The Kier molecular flexibility index (Phi) is 4.55. The second-order valence-electron chi connectivity index (χ2n) is 3.63. The van der Waals surface area contributed by atoms with E-state index >= 15 is 0 Å². The molecule has 0 fully saturated rings. The SMILES string of the molecule is CCC(C)CS(=O)(=O)Cc1ncc(Cl)s1. The molecule has 0 aliphatic carbocycles. The van der Waals surface area contributed by atoms with E-state index < -0.39 is 9.84 Å². The van der Waals surface area contributed by atoms with E-state index in [4.69, 9.17) is 11.6 Å². The van der Waals surface area contributed by atoms with Gasteiger partial charge in [0.25, 0.3) is 0 Å². The third-order valence-corrected chi connectivity index (χ3v) is 5.19. The lowest BCUT2D eigenvalue weighted by Gasteiger charge is -2.07. The lowest BCUT2D eigenvalue weighted by atomic mass is 10.2. The molecule has 3 nitrogen and oxygen atoms in total. The van der Waals surface area contributed by atoms with E-state index in [0.29, 0.717) is 9.34 Å². The van der Waals surface area contributed by atoms with Gasteiger partial charge in [-0.05, 0) is 5.92 Å². The van der Waals surface area contributed by atoms with Crippen molar-refractivity contribution in [2.24, 2.45) is 5.92 Å². The smallest absolute Gasteiger partial charge is 0.157 e. The fourth-order valence-electron chi connectivity index (χ4n) is 1.15. The topological polar surface area (TPSA) is 47.0 Å². The number of hydrogen-bond donors (Lipinski definition) is 0. The average molecular weight is 268 g/mol. The maximum atomic E-state index is 11.7. The Hall–Kier alpha value is -0.130. The van der Waals surface area contributed by atoms with Gasteiger partial charge in [0.1, 0.15) is 15.1 Å². The van der Waals surface area contributed by atoms with Crippen LogP contribution in [-0.4, -0.2) is 19.2 Å². The van der Waals surface area contributed by atoms with Gasteiger partial charge in [0.2, 0.25) is 0 Å². The van der Waals surface area contributed by atoms with E-state index in [-0.39, 0.29) is 17.4 Å². The molecule has 1 atom stereocenters. The molecule has 1 aromatic rings. The van der Waals surface area contributed by atoms with E-state index in [1.807, 2.05) is 13.8 Å². The molecule has 0 radical (unpaired) electrons. The van der Waals surface area contributed by atoms with Crippen molar-refractivity contribution in [2.75, 3.05) is 5.75 Å². The molecule has 1 unspecified atom stereocenters. The van der Waals surface area contributed by atoms with Crippen molar-refractivity contribution in [1.29, 1.82) is 0 Å². The van der Waals surface area contributed by atoms with E-state index in [0.717, 1.165) is 6.42 Å². The Balaban J connectivity index is 2.64. The Morgan fingerprint density at radius 2 is 2.27 bits per heavy atom. The van der Waals surface area contributed by atoms with Gasteiger partial charge in [-0.25, -0.2) is 13.4 Å². The molecule has 1 heterocycles. The fourth-order valence-corrected chi connectivity index (χ4v) is 4.35. The molecular formula is C9H14ClNO2S2. The Morgan fingerprint density at radius 3 is 2.73 bits per heavy atom. The average Bonchev–Trinajstić information content (AvgIpc) is 2.49. The lowest BCUT2D eigenvalue weighted by Crippen LogP contribution is -2.15. The molecule has 0 aromatic carbocycles. The van der Waals surface area contributed by atoms with Gasteiger partial charge in [0.05, 0.1) is 11.9 Å². The van der Waals surface area contributed by atoms with Crippen LogP contribution < -0.4 is 0 Å². The van der Waals surface area contributed by atoms with Crippen LogP contribution in [0.2, 0.25) is 4.34 Å². The van der Waals surface area contributed by atoms with E-state index in [1.54, 1.807) is 0 Å². The first kappa shape index (κ1) is 12.9. The Bertz CT molecular complexity index is 414. The van der Waals surface area contributed by atoms with Crippen molar-refractivity contribution in [1.82, 2.24) is 4.98 Å². The van der Waals surface area contributed by atoms with Crippen molar-refractivity contribution < 1.29 is 8.42 Å². The highest BCUT2D eigenvalue weighted by molar-refractivity contribution is 7.90.